The lowest BCUT2D eigenvalue weighted by Crippen LogP contribution is -2.41. The number of nitrogens with two attached hydrogens (primary N) is 1. The van der Waals surface area contributed by atoms with Gasteiger partial charge in [0, 0.05) is 18.2 Å². The van der Waals surface area contributed by atoms with Crippen LogP contribution >= 0.6 is 0 Å². The van der Waals surface area contributed by atoms with Crippen LogP contribution in [0.2, 0.25) is 0 Å². The van der Waals surface area contributed by atoms with Crippen LogP contribution in [0.5, 0.6) is 11.5 Å². The van der Waals surface area contributed by atoms with Crippen molar-refractivity contribution in [3.63, 3.8) is 0 Å². The van der Waals surface area contributed by atoms with Crippen molar-refractivity contribution in [1.82, 2.24) is 4.90 Å². The van der Waals surface area contributed by atoms with Crippen LogP contribution in [0, 0.1) is 25.5 Å². The second kappa shape index (κ2) is 14.4. The zero-order chi connectivity index (χ0) is 35.3. The highest BCUT2D eigenvalue weighted by atomic mass is 19.3. The number of ether oxygens (including phenoxy) is 2. The smallest absolute Gasteiger partial charge is 0.387 e. The summed E-state index contributed by atoms with van der Waals surface area (Å²) >= 11 is 0. The van der Waals surface area contributed by atoms with E-state index in [1.165, 1.54) is 85.6 Å². The fourth-order valence-electron chi connectivity index (χ4n) is 4.91. The van der Waals surface area contributed by atoms with Gasteiger partial charge in [-0.15, -0.1) is 0 Å². The minimum Gasteiger partial charge on any atom is -0.435 e. The second-order valence-electron chi connectivity index (χ2n) is 10.4. The number of carbonyl (C=O) groups is 3. The molecule has 5 rings (SSSR count). The van der Waals surface area contributed by atoms with Gasteiger partial charge >= 0.3 is 13.2 Å². The van der Waals surface area contributed by atoms with E-state index in [-0.39, 0.29) is 39.7 Å². The van der Waals surface area contributed by atoms with Gasteiger partial charge < -0.3 is 15.2 Å². The van der Waals surface area contributed by atoms with Crippen molar-refractivity contribution in [3.05, 3.63) is 130 Å². The molecule has 1 amide bonds. The lowest BCUT2D eigenvalue weighted by molar-refractivity contribution is -0.129. The number of aryl methyl sites for hydroxylation is 2. The van der Waals surface area contributed by atoms with Gasteiger partial charge in [-0.2, -0.15) is 17.6 Å². The van der Waals surface area contributed by atoms with Gasteiger partial charge in [-0.05, 0) is 90.7 Å². The Hall–Kier alpha value is -5.66. The molecule has 0 fully saturated rings. The molecule has 0 saturated heterocycles. The van der Waals surface area contributed by atoms with Crippen LogP contribution < -0.4 is 15.2 Å². The number of benzene rings is 4. The lowest BCUT2D eigenvalue weighted by Gasteiger charge is -2.26. The Morgan fingerprint density at radius 3 is 1.71 bits per heavy atom. The minimum absolute atomic E-state index is 0.0195. The molecule has 14 heteroatoms. The summed E-state index contributed by atoms with van der Waals surface area (Å²) in [6, 6.07) is 18.2. The summed E-state index contributed by atoms with van der Waals surface area (Å²) in [5.74, 6) is -3.48. The van der Waals surface area contributed by atoms with Crippen molar-refractivity contribution >= 4 is 23.4 Å². The van der Waals surface area contributed by atoms with Gasteiger partial charge in [-0.1, -0.05) is 30.3 Å². The third kappa shape index (κ3) is 7.48. The number of rotatable bonds is 9. The number of guanidine groups is 1. The summed E-state index contributed by atoms with van der Waals surface area (Å²) in [5, 5.41) is 0. The first-order chi connectivity index (χ1) is 22.6. The first-order valence-electron chi connectivity index (χ1n) is 14.0. The van der Waals surface area contributed by atoms with Crippen LogP contribution in [0.4, 0.5) is 26.3 Å². The Kier molecular flexibility index (Phi) is 10.6. The highest BCUT2D eigenvalue weighted by Crippen LogP contribution is 2.41. The molecule has 2 N–H and O–H groups in total. The fraction of sp³-hybridized carbons (Fsp3) is 0.176. The number of aliphatic imine (C=N–C) groups is 1. The number of likely N-dealkylation sites (N-methyl/N-ethyl adjacent to an activating group) is 1. The highest BCUT2D eigenvalue weighted by molar-refractivity contribution is 6.49. The fourth-order valence-corrected chi connectivity index (χ4v) is 4.91. The maximum absolute atomic E-state index is 13.8. The average molecular weight is 672 g/mol. The Morgan fingerprint density at radius 1 is 0.729 bits per heavy atom. The molecule has 0 aromatic heterocycles. The van der Waals surface area contributed by atoms with E-state index in [1.54, 1.807) is 13.0 Å². The lowest BCUT2D eigenvalue weighted by atomic mass is 9.82. The summed E-state index contributed by atoms with van der Waals surface area (Å²) in [7, 11) is 1.46. The van der Waals surface area contributed by atoms with E-state index >= 15 is 0 Å². The van der Waals surface area contributed by atoms with Gasteiger partial charge in [0.1, 0.15) is 23.1 Å². The Morgan fingerprint density at radius 2 is 1.23 bits per heavy atom. The maximum Gasteiger partial charge on any atom is 0.387 e. The standard InChI is InChI=1S/C18H16F3N3O2.C16H11F3O3/c1-10-8-12(6-7-14(10)26-16(20)21)18(11-4-3-5-13(19)9-11)15(25)24(2)17(22)23-18;1-9-7-11(5-6-13(9)22-16(18)19)15(21)14(20)10-3-2-4-12(17)8-10/h3-9,16H,1-2H3,(H2,22,23);2-8,16H,1H3. The first-order valence-corrected chi connectivity index (χ1v) is 14.0. The van der Waals surface area contributed by atoms with Crippen molar-refractivity contribution in [2.75, 3.05) is 7.05 Å². The number of alkyl halides is 4. The molecule has 0 aliphatic carbocycles. The van der Waals surface area contributed by atoms with E-state index in [2.05, 4.69) is 14.5 Å². The number of nitrogens with zero attached hydrogens (tertiary/aromatic N) is 2. The summed E-state index contributed by atoms with van der Waals surface area (Å²) < 4.78 is 84.9. The number of hydrogen-bond donors (Lipinski definition) is 1. The Labute approximate surface area is 270 Å². The monoisotopic (exact) mass is 671 g/mol. The maximum atomic E-state index is 13.8. The van der Waals surface area contributed by atoms with Gasteiger partial charge in [-0.25, -0.2) is 13.8 Å². The van der Waals surface area contributed by atoms with Crippen LogP contribution in [0.15, 0.2) is 89.9 Å². The molecular weight excluding hydrogens is 644 g/mol. The summed E-state index contributed by atoms with van der Waals surface area (Å²) in [6.45, 7) is -2.91. The topological polar surface area (TPSA) is 111 Å². The van der Waals surface area contributed by atoms with Crippen LogP contribution in [0.3, 0.4) is 0 Å². The molecule has 0 bridgehead atoms. The van der Waals surface area contributed by atoms with Gasteiger partial charge in [0.05, 0.1) is 0 Å². The van der Waals surface area contributed by atoms with E-state index < -0.39 is 47.9 Å². The predicted molar refractivity (Wildman–Crippen MR) is 162 cm³/mol. The molecule has 1 heterocycles. The van der Waals surface area contributed by atoms with Crippen LogP contribution in [0.25, 0.3) is 0 Å². The molecule has 1 atom stereocenters. The van der Waals surface area contributed by atoms with Crippen molar-refractivity contribution < 1.29 is 50.2 Å². The number of amides is 1. The number of halogens is 6. The second-order valence-corrected chi connectivity index (χ2v) is 10.4. The molecule has 0 radical (unpaired) electrons. The highest BCUT2D eigenvalue weighted by Gasteiger charge is 2.49. The number of hydrogen-bond acceptors (Lipinski definition) is 7. The van der Waals surface area contributed by atoms with Crippen LogP contribution in [-0.4, -0.2) is 48.6 Å². The van der Waals surface area contributed by atoms with E-state index in [0.717, 1.165) is 12.1 Å². The zero-order valence-electron chi connectivity index (χ0n) is 25.5. The van der Waals surface area contributed by atoms with Gasteiger partial charge in [0.15, 0.2) is 11.5 Å². The number of Topliss-reactive ketones (excluding diaryl/α,β-unsaturated/α-hetero) is 2. The molecular formula is C34H27F6N3O5. The molecule has 1 aliphatic heterocycles. The van der Waals surface area contributed by atoms with E-state index in [1.807, 2.05) is 0 Å². The minimum atomic E-state index is -2.98. The van der Waals surface area contributed by atoms with Crippen molar-refractivity contribution in [2.45, 2.75) is 32.6 Å². The predicted octanol–water partition coefficient (Wildman–Crippen LogP) is 6.57. The van der Waals surface area contributed by atoms with Crippen molar-refractivity contribution in [3.8, 4) is 11.5 Å². The van der Waals surface area contributed by atoms with Gasteiger partial charge in [0.2, 0.25) is 11.6 Å². The van der Waals surface area contributed by atoms with Gasteiger partial charge in [-0.3, -0.25) is 19.3 Å². The van der Waals surface area contributed by atoms with E-state index in [4.69, 9.17) is 5.73 Å². The van der Waals surface area contributed by atoms with Gasteiger partial charge in [0.25, 0.3) is 5.91 Å². The molecule has 250 valence electrons. The summed E-state index contributed by atoms with van der Waals surface area (Å²) in [4.78, 5) is 42.5. The number of carbonyl (C=O) groups excluding carboxylic acids is 3. The molecule has 8 nitrogen and oxygen atoms in total. The third-order valence-corrected chi connectivity index (χ3v) is 7.24. The molecule has 4 aromatic carbocycles. The van der Waals surface area contributed by atoms with Crippen LogP contribution in [0.1, 0.15) is 43.0 Å². The van der Waals surface area contributed by atoms with E-state index in [9.17, 15) is 40.7 Å². The van der Waals surface area contributed by atoms with E-state index in [0.29, 0.717) is 11.1 Å². The Balaban J connectivity index is 0.000000220. The largest absolute Gasteiger partial charge is 0.435 e. The third-order valence-electron chi connectivity index (χ3n) is 7.24. The molecule has 0 saturated carbocycles. The molecule has 1 aliphatic rings. The average Bonchev–Trinajstić information content (AvgIpc) is 3.26. The molecule has 1 unspecified atom stereocenters. The SMILES string of the molecule is Cc1cc(C(=O)C(=O)c2cccc(F)c2)ccc1OC(F)F.Cc1cc(C2(c3cccc(F)c3)N=C(N)N(C)C2=O)ccc1OC(F)F. The molecule has 4 aromatic rings. The molecule has 48 heavy (non-hydrogen) atoms. The summed E-state index contributed by atoms with van der Waals surface area (Å²) in [6.07, 6.45) is 0. The first kappa shape index (κ1) is 35.2. The molecule has 0 spiro atoms. The number of ketones is 2. The van der Waals surface area contributed by atoms with Crippen molar-refractivity contribution in [1.29, 1.82) is 0 Å². The van der Waals surface area contributed by atoms with Crippen LogP contribution in [-0.2, 0) is 10.3 Å². The zero-order valence-corrected chi connectivity index (χ0v) is 25.5. The quantitative estimate of drug-likeness (QED) is 0.123. The Bertz CT molecular complexity index is 1900. The summed E-state index contributed by atoms with van der Waals surface area (Å²) in [5.41, 5.74) is 5.53. The van der Waals surface area contributed by atoms with Crippen molar-refractivity contribution in [2.24, 2.45) is 10.7 Å². The normalized spacial score (nSPS) is 15.6.